The lowest BCUT2D eigenvalue weighted by molar-refractivity contribution is 0.442. The Morgan fingerprint density at radius 3 is 2.75 bits per heavy atom. The van der Waals surface area contributed by atoms with E-state index in [0.29, 0.717) is 5.75 Å². The Bertz CT molecular complexity index is 519. The van der Waals surface area contributed by atoms with Gasteiger partial charge in [-0.15, -0.1) is 0 Å². The molecular formula is C11H6Cl2FNO. The second-order valence-corrected chi connectivity index (χ2v) is 3.76. The van der Waals surface area contributed by atoms with E-state index in [1.807, 2.05) is 0 Å². The minimum atomic E-state index is -0.600. The number of rotatable bonds is 2. The summed E-state index contributed by atoms with van der Waals surface area (Å²) in [5.41, 5.74) is 0. The van der Waals surface area contributed by atoms with Crippen LogP contribution in [-0.4, -0.2) is 4.98 Å². The van der Waals surface area contributed by atoms with Crippen LogP contribution in [0.4, 0.5) is 4.39 Å². The summed E-state index contributed by atoms with van der Waals surface area (Å²) in [5, 5.41) is 0.289. The highest BCUT2D eigenvalue weighted by molar-refractivity contribution is 6.30. The van der Waals surface area contributed by atoms with Crippen molar-refractivity contribution in [2.75, 3.05) is 0 Å². The Kier molecular flexibility index (Phi) is 3.27. The van der Waals surface area contributed by atoms with Crippen LogP contribution in [-0.2, 0) is 0 Å². The molecule has 16 heavy (non-hydrogen) atoms. The van der Waals surface area contributed by atoms with Crippen LogP contribution in [0.25, 0.3) is 0 Å². The first-order valence-electron chi connectivity index (χ1n) is 4.40. The van der Waals surface area contributed by atoms with E-state index in [2.05, 4.69) is 4.98 Å². The van der Waals surface area contributed by atoms with E-state index in [1.54, 1.807) is 12.1 Å². The Morgan fingerprint density at radius 2 is 2.00 bits per heavy atom. The maximum absolute atomic E-state index is 13.5. The lowest BCUT2D eigenvalue weighted by Gasteiger charge is -2.07. The molecule has 0 spiro atoms. The number of ether oxygens (including phenoxy) is 1. The molecule has 0 N–H and O–H groups in total. The largest absolute Gasteiger partial charge is 0.454 e. The lowest BCUT2D eigenvalue weighted by atomic mass is 10.3. The maximum atomic E-state index is 13.5. The van der Waals surface area contributed by atoms with Crippen molar-refractivity contribution in [3.63, 3.8) is 0 Å². The summed E-state index contributed by atoms with van der Waals surface area (Å²) in [6.07, 6.45) is 1.47. The van der Waals surface area contributed by atoms with E-state index in [-0.39, 0.29) is 15.9 Å². The number of nitrogens with zero attached hydrogens (tertiary/aromatic N) is 1. The van der Waals surface area contributed by atoms with Gasteiger partial charge in [0, 0.05) is 12.3 Å². The number of pyridine rings is 1. The molecule has 0 amide bonds. The summed E-state index contributed by atoms with van der Waals surface area (Å²) >= 11 is 11.3. The van der Waals surface area contributed by atoms with Gasteiger partial charge in [0.1, 0.15) is 10.9 Å². The van der Waals surface area contributed by atoms with Crippen molar-refractivity contribution in [1.29, 1.82) is 0 Å². The molecule has 0 aliphatic heterocycles. The number of hydrogen-bond acceptors (Lipinski definition) is 2. The van der Waals surface area contributed by atoms with Crippen LogP contribution >= 0.6 is 23.2 Å². The minimum Gasteiger partial charge on any atom is -0.454 e. The van der Waals surface area contributed by atoms with Crippen molar-refractivity contribution in [1.82, 2.24) is 4.98 Å². The predicted octanol–water partition coefficient (Wildman–Crippen LogP) is 4.32. The van der Waals surface area contributed by atoms with Gasteiger partial charge in [-0.2, -0.15) is 0 Å². The van der Waals surface area contributed by atoms with Gasteiger partial charge < -0.3 is 4.74 Å². The Balaban J connectivity index is 2.31. The van der Waals surface area contributed by atoms with Crippen molar-refractivity contribution < 1.29 is 9.13 Å². The second kappa shape index (κ2) is 4.68. The molecule has 1 heterocycles. The predicted molar refractivity (Wildman–Crippen MR) is 60.7 cm³/mol. The first-order valence-corrected chi connectivity index (χ1v) is 5.16. The van der Waals surface area contributed by atoms with E-state index in [4.69, 9.17) is 27.9 Å². The normalized spacial score (nSPS) is 10.2. The van der Waals surface area contributed by atoms with Crippen molar-refractivity contribution in [2.45, 2.75) is 0 Å². The van der Waals surface area contributed by atoms with Crippen LogP contribution in [0.2, 0.25) is 10.2 Å². The topological polar surface area (TPSA) is 22.1 Å². The molecule has 0 radical (unpaired) electrons. The highest BCUT2D eigenvalue weighted by Crippen LogP contribution is 2.29. The summed E-state index contributed by atoms with van der Waals surface area (Å²) in [4.78, 5) is 3.79. The highest BCUT2D eigenvalue weighted by Gasteiger charge is 2.08. The third kappa shape index (κ3) is 2.43. The number of halogens is 3. The van der Waals surface area contributed by atoms with E-state index in [0.717, 1.165) is 0 Å². The first-order chi connectivity index (χ1) is 7.66. The zero-order chi connectivity index (χ0) is 11.5. The molecule has 82 valence electrons. The van der Waals surface area contributed by atoms with Crippen molar-refractivity contribution in [3.8, 4) is 11.5 Å². The van der Waals surface area contributed by atoms with Crippen molar-refractivity contribution in [3.05, 3.63) is 52.5 Å². The van der Waals surface area contributed by atoms with Crippen molar-refractivity contribution in [2.24, 2.45) is 0 Å². The van der Waals surface area contributed by atoms with Crippen LogP contribution in [0.15, 0.2) is 36.5 Å². The molecular weight excluding hydrogens is 252 g/mol. The summed E-state index contributed by atoms with van der Waals surface area (Å²) in [7, 11) is 0. The SMILES string of the molecule is Fc1c(Cl)cccc1Oc1ccnc(Cl)c1. The molecule has 5 heteroatoms. The zero-order valence-corrected chi connectivity index (χ0v) is 9.47. The van der Waals surface area contributed by atoms with Gasteiger partial charge in [0.25, 0.3) is 0 Å². The van der Waals surface area contributed by atoms with Gasteiger partial charge in [0.15, 0.2) is 11.6 Å². The standard InChI is InChI=1S/C11H6Cl2FNO/c12-8-2-1-3-9(11(8)14)16-7-4-5-15-10(13)6-7/h1-6H. The molecule has 0 atom stereocenters. The maximum Gasteiger partial charge on any atom is 0.184 e. The average molecular weight is 258 g/mol. The van der Waals surface area contributed by atoms with Crippen LogP contribution in [0.3, 0.4) is 0 Å². The number of hydrogen-bond donors (Lipinski definition) is 0. The molecule has 0 aliphatic rings. The van der Waals surface area contributed by atoms with Gasteiger partial charge >= 0.3 is 0 Å². The summed E-state index contributed by atoms with van der Waals surface area (Å²) in [6.45, 7) is 0. The molecule has 2 rings (SSSR count). The molecule has 1 aromatic carbocycles. The average Bonchev–Trinajstić information content (AvgIpc) is 2.25. The van der Waals surface area contributed by atoms with E-state index in [1.165, 1.54) is 24.4 Å². The molecule has 0 saturated heterocycles. The van der Waals surface area contributed by atoms with E-state index in [9.17, 15) is 4.39 Å². The Hall–Kier alpha value is -1.32. The van der Waals surface area contributed by atoms with Gasteiger partial charge in [-0.1, -0.05) is 29.3 Å². The minimum absolute atomic E-state index is 0.0117. The zero-order valence-electron chi connectivity index (χ0n) is 7.95. The molecule has 2 nitrogen and oxygen atoms in total. The molecule has 2 aromatic rings. The van der Waals surface area contributed by atoms with E-state index >= 15 is 0 Å². The van der Waals surface area contributed by atoms with Gasteiger partial charge in [-0.05, 0) is 18.2 Å². The highest BCUT2D eigenvalue weighted by atomic mass is 35.5. The van der Waals surface area contributed by atoms with Crippen molar-refractivity contribution >= 4 is 23.2 Å². The quantitative estimate of drug-likeness (QED) is 0.748. The summed E-state index contributed by atoms with van der Waals surface area (Å²) < 4.78 is 18.8. The van der Waals surface area contributed by atoms with Gasteiger partial charge in [-0.25, -0.2) is 9.37 Å². The monoisotopic (exact) mass is 257 g/mol. The fraction of sp³-hybridized carbons (Fsp3) is 0. The first kappa shape index (κ1) is 11.2. The number of benzene rings is 1. The molecule has 0 unspecified atom stereocenters. The van der Waals surface area contributed by atoms with E-state index < -0.39 is 5.82 Å². The fourth-order valence-electron chi connectivity index (χ4n) is 1.14. The van der Waals surface area contributed by atoms with Crippen LogP contribution < -0.4 is 4.74 Å². The Morgan fingerprint density at radius 1 is 1.19 bits per heavy atom. The Labute approximate surface area is 102 Å². The van der Waals surface area contributed by atoms with Gasteiger partial charge in [0.05, 0.1) is 5.02 Å². The van der Waals surface area contributed by atoms with Gasteiger partial charge in [-0.3, -0.25) is 0 Å². The molecule has 0 fully saturated rings. The van der Waals surface area contributed by atoms with Crippen LogP contribution in [0.5, 0.6) is 11.5 Å². The third-order valence-electron chi connectivity index (χ3n) is 1.84. The molecule has 0 saturated carbocycles. The fourth-order valence-corrected chi connectivity index (χ4v) is 1.47. The van der Waals surface area contributed by atoms with Crippen LogP contribution in [0.1, 0.15) is 0 Å². The summed E-state index contributed by atoms with van der Waals surface area (Å²) in [5.74, 6) is -0.145. The smallest absolute Gasteiger partial charge is 0.184 e. The molecule has 1 aromatic heterocycles. The lowest BCUT2D eigenvalue weighted by Crippen LogP contribution is -1.89. The summed E-state index contributed by atoms with van der Waals surface area (Å²) in [6, 6.07) is 7.59. The molecule has 0 aliphatic carbocycles. The third-order valence-corrected chi connectivity index (χ3v) is 2.34. The van der Waals surface area contributed by atoms with Gasteiger partial charge in [0.2, 0.25) is 0 Å². The number of aromatic nitrogens is 1. The second-order valence-electron chi connectivity index (χ2n) is 2.97. The van der Waals surface area contributed by atoms with Crippen LogP contribution in [0, 0.1) is 5.82 Å². The molecule has 0 bridgehead atoms.